The van der Waals surface area contributed by atoms with E-state index >= 15 is 0 Å². The minimum absolute atomic E-state index is 0.523. The normalized spacial score (nSPS) is 16.8. The van der Waals surface area contributed by atoms with Crippen molar-refractivity contribution in [2.24, 2.45) is 0 Å². The lowest BCUT2D eigenvalue weighted by Crippen LogP contribution is -2.43. The standard InChI is InChI=1S/C19H26N4.3C2HF3O2/c1-15-5-4-6-17(21-15)14-23-12-9-18(22(2)3)19(23)13-16-7-10-20-11-8-16;3*3-2(4,5)1(6)7/h4-8,10-11,18-19H,9,12-14H2,1-3H3;3*(H,6,7)/t18-,19+;;;/m1.../s1. The molecule has 1 aliphatic rings. The first-order valence-electron chi connectivity index (χ1n) is 12.1. The summed E-state index contributed by atoms with van der Waals surface area (Å²) in [6.07, 6.45) is -9.19. The van der Waals surface area contributed by atoms with E-state index in [-0.39, 0.29) is 0 Å². The fourth-order valence-electron chi connectivity index (χ4n) is 3.62. The fraction of sp³-hybridized carbons (Fsp3) is 0.480. The third kappa shape index (κ3) is 16.0. The molecule has 0 radical (unpaired) electrons. The van der Waals surface area contributed by atoms with Crippen LogP contribution in [0.25, 0.3) is 0 Å². The van der Waals surface area contributed by atoms with Crippen molar-refractivity contribution in [2.75, 3.05) is 20.6 Å². The Bertz CT molecular complexity index is 1140. The highest BCUT2D eigenvalue weighted by Gasteiger charge is 2.39. The van der Waals surface area contributed by atoms with E-state index in [1.54, 1.807) is 0 Å². The number of aliphatic carboxylic acids is 3. The maximum Gasteiger partial charge on any atom is 0.490 e. The number of carboxylic acids is 3. The zero-order valence-electron chi connectivity index (χ0n) is 23.3. The molecule has 2 atom stereocenters. The minimum Gasteiger partial charge on any atom is -0.475 e. The Morgan fingerprint density at radius 3 is 1.64 bits per heavy atom. The Labute approximate surface area is 244 Å². The van der Waals surface area contributed by atoms with Crippen LogP contribution < -0.4 is 0 Å². The molecule has 0 aromatic carbocycles. The molecule has 0 spiro atoms. The zero-order chi connectivity index (χ0) is 34.5. The van der Waals surface area contributed by atoms with Gasteiger partial charge in [-0.05, 0) is 63.7 Å². The van der Waals surface area contributed by atoms with Crippen molar-refractivity contribution in [2.45, 2.75) is 56.9 Å². The summed E-state index contributed by atoms with van der Waals surface area (Å²) in [4.78, 5) is 40.5. The lowest BCUT2D eigenvalue weighted by atomic mass is 10.00. The largest absolute Gasteiger partial charge is 0.490 e. The van der Waals surface area contributed by atoms with Crippen molar-refractivity contribution in [3.63, 3.8) is 0 Å². The Kier molecular flexibility index (Phi) is 15.8. The number of pyridine rings is 2. The molecule has 0 unspecified atom stereocenters. The molecule has 248 valence electrons. The average molecular weight is 653 g/mol. The first-order chi connectivity index (χ1) is 20.0. The smallest absolute Gasteiger partial charge is 0.475 e. The Balaban J connectivity index is 0.000000721. The number of rotatable bonds is 5. The summed E-state index contributed by atoms with van der Waals surface area (Å²) in [6.45, 7) is 4.13. The molecular weight excluding hydrogens is 623 g/mol. The van der Waals surface area contributed by atoms with Gasteiger partial charge in [-0.3, -0.25) is 14.9 Å². The summed E-state index contributed by atoms with van der Waals surface area (Å²) in [5.74, 6) is -8.27. The molecular formula is C25H29F9N4O6. The van der Waals surface area contributed by atoms with E-state index in [2.05, 4.69) is 71.1 Å². The van der Waals surface area contributed by atoms with Crippen LogP contribution >= 0.6 is 0 Å². The molecule has 2 aromatic heterocycles. The number of halogens is 9. The summed E-state index contributed by atoms with van der Waals surface area (Å²) in [5, 5.41) is 21.4. The van der Waals surface area contributed by atoms with Gasteiger partial charge in [-0.2, -0.15) is 39.5 Å². The van der Waals surface area contributed by atoms with Crippen molar-refractivity contribution in [3.05, 3.63) is 59.7 Å². The number of likely N-dealkylation sites (N-methyl/N-ethyl adjacent to an activating group) is 1. The molecule has 10 nitrogen and oxygen atoms in total. The van der Waals surface area contributed by atoms with Crippen LogP contribution in [0.15, 0.2) is 42.7 Å². The molecule has 0 saturated carbocycles. The van der Waals surface area contributed by atoms with E-state index in [0.29, 0.717) is 12.1 Å². The second-order valence-corrected chi connectivity index (χ2v) is 9.10. The first kappa shape index (κ1) is 40.0. The van der Waals surface area contributed by atoms with E-state index < -0.39 is 36.4 Å². The van der Waals surface area contributed by atoms with E-state index in [9.17, 15) is 39.5 Å². The van der Waals surface area contributed by atoms with Gasteiger partial charge in [0, 0.05) is 43.3 Å². The third-order valence-corrected chi connectivity index (χ3v) is 5.52. The van der Waals surface area contributed by atoms with Crippen molar-refractivity contribution in [3.8, 4) is 0 Å². The topological polar surface area (TPSA) is 144 Å². The van der Waals surface area contributed by atoms with E-state index in [0.717, 1.165) is 25.2 Å². The highest BCUT2D eigenvalue weighted by molar-refractivity contribution is 5.73. The van der Waals surface area contributed by atoms with Crippen LogP contribution in [0.3, 0.4) is 0 Å². The molecule has 0 amide bonds. The highest BCUT2D eigenvalue weighted by Crippen LogP contribution is 2.26. The minimum atomic E-state index is -5.08. The lowest BCUT2D eigenvalue weighted by Gasteiger charge is -2.31. The summed E-state index contributed by atoms with van der Waals surface area (Å²) < 4.78 is 95.2. The van der Waals surface area contributed by atoms with Gasteiger partial charge in [-0.1, -0.05) is 6.07 Å². The predicted molar refractivity (Wildman–Crippen MR) is 134 cm³/mol. The van der Waals surface area contributed by atoms with E-state index in [1.807, 2.05) is 12.4 Å². The van der Waals surface area contributed by atoms with Crippen molar-refractivity contribution in [1.82, 2.24) is 19.8 Å². The lowest BCUT2D eigenvalue weighted by molar-refractivity contribution is -0.193. The van der Waals surface area contributed by atoms with Crippen molar-refractivity contribution in [1.29, 1.82) is 0 Å². The monoisotopic (exact) mass is 652 g/mol. The number of hydrogen-bond acceptors (Lipinski definition) is 7. The molecule has 0 bridgehead atoms. The van der Waals surface area contributed by atoms with Crippen LogP contribution in [-0.2, 0) is 27.3 Å². The number of carbonyl (C=O) groups is 3. The van der Waals surface area contributed by atoms with Crippen molar-refractivity contribution >= 4 is 17.9 Å². The molecule has 3 N–H and O–H groups in total. The maximum absolute atomic E-state index is 10.6. The fourth-order valence-corrected chi connectivity index (χ4v) is 3.62. The van der Waals surface area contributed by atoms with Crippen LogP contribution in [0.5, 0.6) is 0 Å². The molecule has 3 rings (SSSR count). The van der Waals surface area contributed by atoms with Gasteiger partial charge in [0.15, 0.2) is 0 Å². The number of aryl methyl sites for hydroxylation is 1. The summed E-state index contributed by atoms with van der Waals surface area (Å²) >= 11 is 0. The van der Waals surface area contributed by atoms with Crippen molar-refractivity contribution < 1.29 is 69.2 Å². The van der Waals surface area contributed by atoms with Crippen LogP contribution in [0.4, 0.5) is 39.5 Å². The Morgan fingerprint density at radius 1 is 0.841 bits per heavy atom. The van der Waals surface area contributed by atoms with E-state index in [1.165, 1.54) is 17.7 Å². The highest BCUT2D eigenvalue weighted by atomic mass is 19.4. The number of aromatic nitrogens is 2. The van der Waals surface area contributed by atoms with Gasteiger partial charge in [0.2, 0.25) is 0 Å². The quantitative estimate of drug-likeness (QED) is 0.397. The van der Waals surface area contributed by atoms with Gasteiger partial charge >= 0.3 is 36.4 Å². The summed E-state index contributed by atoms with van der Waals surface area (Å²) in [7, 11) is 4.39. The summed E-state index contributed by atoms with van der Waals surface area (Å²) in [6, 6.07) is 11.7. The molecule has 1 aliphatic heterocycles. The van der Waals surface area contributed by atoms with Gasteiger partial charge in [0.05, 0.1) is 5.69 Å². The average Bonchev–Trinajstić information content (AvgIpc) is 3.26. The van der Waals surface area contributed by atoms with Gasteiger partial charge in [-0.25, -0.2) is 14.4 Å². The van der Waals surface area contributed by atoms with Crippen LogP contribution in [0.1, 0.15) is 23.4 Å². The number of alkyl halides is 9. The molecule has 0 aliphatic carbocycles. The number of hydrogen-bond donors (Lipinski definition) is 3. The van der Waals surface area contributed by atoms with Gasteiger partial charge in [-0.15, -0.1) is 0 Å². The third-order valence-electron chi connectivity index (χ3n) is 5.52. The number of nitrogens with zero attached hydrogens (tertiary/aromatic N) is 4. The van der Waals surface area contributed by atoms with Crippen LogP contribution in [-0.4, -0.2) is 104 Å². The Morgan fingerprint density at radius 2 is 1.27 bits per heavy atom. The maximum atomic E-state index is 10.6. The van der Waals surface area contributed by atoms with Gasteiger partial charge in [0.1, 0.15) is 0 Å². The molecule has 1 saturated heterocycles. The second-order valence-electron chi connectivity index (χ2n) is 9.10. The molecule has 44 heavy (non-hydrogen) atoms. The Hall–Kier alpha value is -4.00. The number of carboxylic acid groups (broad SMARTS) is 3. The molecule has 3 heterocycles. The first-order valence-corrected chi connectivity index (χ1v) is 12.1. The number of likely N-dealkylation sites (tertiary alicyclic amines) is 1. The summed E-state index contributed by atoms with van der Waals surface area (Å²) in [5.41, 5.74) is 3.63. The van der Waals surface area contributed by atoms with E-state index in [4.69, 9.17) is 29.7 Å². The molecule has 2 aromatic rings. The van der Waals surface area contributed by atoms with Crippen LogP contribution in [0.2, 0.25) is 0 Å². The van der Waals surface area contributed by atoms with Crippen LogP contribution in [0, 0.1) is 6.92 Å². The molecule has 1 fully saturated rings. The molecule has 19 heteroatoms. The van der Waals surface area contributed by atoms with Gasteiger partial charge in [0.25, 0.3) is 0 Å². The second kappa shape index (κ2) is 17.3. The SMILES string of the molecule is Cc1cccc(CN2CC[C@@H](N(C)C)[C@@H]2Cc2ccncc2)n1.O=C(O)C(F)(F)F.O=C(O)C(F)(F)F.O=C(O)C(F)(F)F. The predicted octanol–water partition coefficient (Wildman–Crippen LogP) is 4.43. The zero-order valence-corrected chi connectivity index (χ0v) is 23.3. The van der Waals surface area contributed by atoms with Gasteiger partial charge < -0.3 is 20.2 Å².